The highest BCUT2D eigenvalue weighted by molar-refractivity contribution is 9.10. The van der Waals surface area contributed by atoms with Gasteiger partial charge in [0.2, 0.25) is 0 Å². The monoisotopic (exact) mass is 332 g/mol. The minimum atomic E-state index is -0.0190. The van der Waals surface area contributed by atoms with Gasteiger partial charge in [-0.1, -0.05) is 12.1 Å². The van der Waals surface area contributed by atoms with E-state index in [0.29, 0.717) is 11.3 Å². The third-order valence-electron chi connectivity index (χ3n) is 3.23. The molecule has 2 aromatic rings. The summed E-state index contributed by atoms with van der Waals surface area (Å²) in [5, 5.41) is 7.69. The van der Waals surface area contributed by atoms with Gasteiger partial charge in [0, 0.05) is 4.47 Å². The Kier molecular flexibility index (Phi) is 4.14. The number of nitrogens with two attached hydrogens (primary N) is 1. The highest BCUT2D eigenvalue weighted by atomic mass is 79.9. The van der Waals surface area contributed by atoms with E-state index in [1.165, 1.54) is 5.56 Å². The fourth-order valence-corrected chi connectivity index (χ4v) is 2.64. The topological polar surface area (TPSA) is 59.1 Å². The number of nitrogen functional groups attached to an aromatic ring is 1. The first-order valence-corrected chi connectivity index (χ1v) is 7.08. The smallest absolute Gasteiger partial charge is 0.139 e. The van der Waals surface area contributed by atoms with E-state index in [9.17, 15) is 0 Å². The number of amidine groups is 1. The zero-order valence-corrected chi connectivity index (χ0v) is 13.3. The van der Waals surface area contributed by atoms with E-state index in [2.05, 4.69) is 28.9 Å². The molecule has 0 heterocycles. The molecule has 0 saturated heterocycles. The number of hydrogen-bond donors (Lipinski definition) is 2. The van der Waals surface area contributed by atoms with E-state index in [1.54, 1.807) is 0 Å². The molecule has 3 N–H and O–H groups in total. The predicted molar refractivity (Wildman–Crippen MR) is 85.9 cm³/mol. The minimum absolute atomic E-state index is 0.0190. The molecular weight excluding hydrogens is 316 g/mol. The fraction of sp³-hybridized carbons (Fsp3) is 0.188. The Morgan fingerprint density at radius 2 is 1.85 bits per heavy atom. The van der Waals surface area contributed by atoms with Crippen molar-refractivity contribution in [2.45, 2.75) is 20.8 Å². The third kappa shape index (κ3) is 2.85. The van der Waals surface area contributed by atoms with Gasteiger partial charge in [0.05, 0.1) is 5.56 Å². The van der Waals surface area contributed by atoms with Crippen molar-refractivity contribution in [3.8, 4) is 11.5 Å². The first-order chi connectivity index (χ1) is 9.40. The number of benzene rings is 2. The van der Waals surface area contributed by atoms with Gasteiger partial charge in [-0.15, -0.1) is 0 Å². The van der Waals surface area contributed by atoms with Crippen molar-refractivity contribution in [2.24, 2.45) is 5.73 Å². The van der Waals surface area contributed by atoms with E-state index in [0.717, 1.165) is 21.3 Å². The largest absolute Gasteiger partial charge is 0.456 e. The average Bonchev–Trinajstić information content (AvgIpc) is 2.35. The van der Waals surface area contributed by atoms with Crippen LogP contribution in [0.5, 0.6) is 11.5 Å². The lowest BCUT2D eigenvalue weighted by atomic mass is 10.1. The number of aryl methyl sites for hydroxylation is 2. The van der Waals surface area contributed by atoms with Gasteiger partial charge in [-0.2, -0.15) is 0 Å². The Balaban J connectivity index is 2.51. The van der Waals surface area contributed by atoms with Gasteiger partial charge >= 0.3 is 0 Å². The molecule has 0 radical (unpaired) electrons. The summed E-state index contributed by atoms with van der Waals surface area (Å²) in [4.78, 5) is 0. The number of hydrogen-bond acceptors (Lipinski definition) is 2. The Bertz CT molecular complexity index is 680. The molecular formula is C16H17BrN2O. The maximum absolute atomic E-state index is 7.69. The van der Waals surface area contributed by atoms with Crippen LogP contribution in [0.1, 0.15) is 22.3 Å². The van der Waals surface area contributed by atoms with E-state index in [-0.39, 0.29) is 5.84 Å². The van der Waals surface area contributed by atoms with Crippen LogP contribution in [0.15, 0.2) is 34.8 Å². The number of rotatable bonds is 3. The van der Waals surface area contributed by atoms with Crippen LogP contribution in [0, 0.1) is 26.2 Å². The molecule has 0 spiro atoms. The molecule has 2 aromatic carbocycles. The van der Waals surface area contributed by atoms with Crippen LogP contribution >= 0.6 is 15.9 Å². The third-order valence-corrected chi connectivity index (χ3v) is 3.89. The van der Waals surface area contributed by atoms with Crippen molar-refractivity contribution >= 4 is 21.8 Å². The Hall–Kier alpha value is -1.81. The molecule has 0 bridgehead atoms. The maximum Gasteiger partial charge on any atom is 0.139 e. The molecule has 0 fully saturated rings. The molecule has 3 nitrogen and oxygen atoms in total. The Morgan fingerprint density at radius 3 is 2.50 bits per heavy atom. The minimum Gasteiger partial charge on any atom is -0.456 e. The van der Waals surface area contributed by atoms with Crippen molar-refractivity contribution in [2.75, 3.05) is 0 Å². The second-order valence-electron chi connectivity index (χ2n) is 4.83. The van der Waals surface area contributed by atoms with Gasteiger partial charge in [-0.05, 0) is 71.6 Å². The van der Waals surface area contributed by atoms with Gasteiger partial charge in [0.1, 0.15) is 17.3 Å². The lowest BCUT2D eigenvalue weighted by Crippen LogP contribution is -2.13. The molecule has 0 atom stereocenters. The summed E-state index contributed by atoms with van der Waals surface area (Å²) in [7, 11) is 0. The summed E-state index contributed by atoms with van der Waals surface area (Å²) in [5.74, 6) is 1.36. The summed E-state index contributed by atoms with van der Waals surface area (Å²) in [5.41, 5.74) is 9.62. The van der Waals surface area contributed by atoms with Crippen LogP contribution in [-0.4, -0.2) is 5.84 Å². The molecule has 0 unspecified atom stereocenters. The second kappa shape index (κ2) is 5.67. The summed E-state index contributed by atoms with van der Waals surface area (Å²) in [6.07, 6.45) is 0. The van der Waals surface area contributed by atoms with E-state index in [4.69, 9.17) is 15.9 Å². The maximum atomic E-state index is 7.69. The van der Waals surface area contributed by atoms with Gasteiger partial charge in [0.15, 0.2) is 0 Å². The van der Waals surface area contributed by atoms with Gasteiger partial charge in [-0.25, -0.2) is 0 Å². The first-order valence-electron chi connectivity index (χ1n) is 6.28. The van der Waals surface area contributed by atoms with Gasteiger partial charge < -0.3 is 10.5 Å². The number of halogens is 1. The van der Waals surface area contributed by atoms with Crippen LogP contribution in [0.25, 0.3) is 0 Å². The predicted octanol–water partition coefficient (Wildman–Crippen LogP) is 4.45. The zero-order valence-electron chi connectivity index (χ0n) is 11.8. The summed E-state index contributed by atoms with van der Waals surface area (Å²) in [6.45, 7) is 6.11. The highest BCUT2D eigenvalue weighted by Gasteiger charge is 2.13. The molecule has 0 aliphatic rings. The fourth-order valence-electron chi connectivity index (χ4n) is 2.08. The van der Waals surface area contributed by atoms with E-state index in [1.807, 2.05) is 38.1 Å². The average molecular weight is 333 g/mol. The molecule has 0 amide bonds. The molecule has 2 rings (SSSR count). The molecule has 20 heavy (non-hydrogen) atoms. The number of ether oxygens (including phenoxy) is 1. The molecule has 4 heteroatoms. The number of nitrogens with one attached hydrogen (secondary N) is 1. The molecule has 104 valence electrons. The van der Waals surface area contributed by atoms with Crippen LogP contribution in [0.3, 0.4) is 0 Å². The summed E-state index contributed by atoms with van der Waals surface area (Å²) in [6, 6.07) is 9.64. The molecule has 0 aromatic heterocycles. The Morgan fingerprint density at radius 1 is 1.15 bits per heavy atom. The zero-order chi connectivity index (χ0) is 14.9. The summed E-state index contributed by atoms with van der Waals surface area (Å²) < 4.78 is 6.75. The van der Waals surface area contributed by atoms with Crippen molar-refractivity contribution in [1.29, 1.82) is 5.41 Å². The highest BCUT2D eigenvalue weighted by Crippen LogP contribution is 2.33. The Labute approximate surface area is 127 Å². The van der Waals surface area contributed by atoms with Crippen molar-refractivity contribution in [1.82, 2.24) is 0 Å². The summed E-state index contributed by atoms with van der Waals surface area (Å²) >= 11 is 3.41. The van der Waals surface area contributed by atoms with Crippen LogP contribution in [0.4, 0.5) is 0 Å². The van der Waals surface area contributed by atoms with Crippen LogP contribution in [-0.2, 0) is 0 Å². The molecule has 0 saturated carbocycles. The molecule has 0 aliphatic carbocycles. The van der Waals surface area contributed by atoms with Crippen LogP contribution < -0.4 is 10.5 Å². The lowest BCUT2D eigenvalue weighted by Gasteiger charge is -2.15. The quantitative estimate of drug-likeness (QED) is 0.644. The molecule has 0 aliphatic heterocycles. The van der Waals surface area contributed by atoms with Gasteiger partial charge in [0.25, 0.3) is 0 Å². The van der Waals surface area contributed by atoms with E-state index >= 15 is 0 Å². The SMILES string of the molecule is Cc1cc(C)c(C)c(Oc2cccc(Br)c2C(=N)N)c1. The van der Waals surface area contributed by atoms with Crippen molar-refractivity contribution in [3.63, 3.8) is 0 Å². The van der Waals surface area contributed by atoms with Crippen LogP contribution in [0.2, 0.25) is 0 Å². The van der Waals surface area contributed by atoms with Gasteiger partial charge in [-0.3, -0.25) is 5.41 Å². The van der Waals surface area contributed by atoms with Crippen molar-refractivity contribution in [3.05, 3.63) is 57.1 Å². The normalized spacial score (nSPS) is 10.4. The lowest BCUT2D eigenvalue weighted by molar-refractivity contribution is 0.476. The standard InChI is InChI=1S/C16H17BrN2O/c1-9-7-10(2)11(3)14(8-9)20-13-6-4-5-12(17)15(13)16(18)19/h4-8H,1-3H3,(H3,18,19). The second-order valence-corrected chi connectivity index (χ2v) is 5.69. The van der Waals surface area contributed by atoms with Crippen molar-refractivity contribution < 1.29 is 4.74 Å². The van der Waals surface area contributed by atoms with E-state index < -0.39 is 0 Å². The first kappa shape index (κ1) is 14.6.